The fourth-order valence-electron chi connectivity index (χ4n) is 2.85. The highest BCUT2D eigenvalue weighted by atomic mass is 16.3. The number of carbonyl (C=O) groups is 1. The van der Waals surface area contributed by atoms with E-state index in [9.17, 15) is 15.0 Å². The minimum atomic E-state index is -1.37. The molecule has 1 aromatic heterocycles. The number of benzene rings is 1. The number of carbonyl (C=O) groups excluding carboxylic acids is 1. The number of imidazole rings is 1. The van der Waals surface area contributed by atoms with Crippen LogP contribution in [0, 0.1) is 0 Å². The Morgan fingerprint density at radius 3 is 2.82 bits per heavy atom. The fourth-order valence-corrected chi connectivity index (χ4v) is 2.85. The van der Waals surface area contributed by atoms with Gasteiger partial charge in [0.1, 0.15) is 5.60 Å². The summed E-state index contributed by atoms with van der Waals surface area (Å²) in [6, 6.07) is 8.98. The number of likely N-dealkylation sites (tertiary alicyclic amines) is 1. The molecule has 2 N–H and O–H groups in total. The first-order valence-electron chi connectivity index (χ1n) is 7.29. The summed E-state index contributed by atoms with van der Waals surface area (Å²) in [7, 11) is 0. The van der Waals surface area contributed by atoms with E-state index in [4.69, 9.17) is 0 Å². The first-order valence-corrected chi connectivity index (χ1v) is 7.29. The van der Waals surface area contributed by atoms with E-state index in [0.29, 0.717) is 18.5 Å². The highest BCUT2D eigenvalue weighted by molar-refractivity contribution is 5.94. The Bertz CT molecular complexity index is 629. The predicted octanol–water partition coefficient (Wildman–Crippen LogP) is 0.521. The average Bonchev–Trinajstić information content (AvgIpc) is 3.03. The van der Waals surface area contributed by atoms with Crippen LogP contribution in [0.2, 0.25) is 0 Å². The molecule has 116 valence electrons. The Kier molecular flexibility index (Phi) is 3.96. The SMILES string of the molecule is O=C(c1ccccc1)N1CC[C@@H](O)[C@](O)(Cn2ccnc2)C1. The molecule has 6 heteroatoms. The van der Waals surface area contributed by atoms with Crippen molar-refractivity contribution in [2.75, 3.05) is 13.1 Å². The minimum Gasteiger partial charge on any atom is -0.390 e. The monoisotopic (exact) mass is 301 g/mol. The Morgan fingerprint density at radius 2 is 2.14 bits per heavy atom. The summed E-state index contributed by atoms with van der Waals surface area (Å²) in [5.74, 6) is -0.128. The van der Waals surface area contributed by atoms with Crippen molar-refractivity contribution in [3.8, 4) is 0 Å². The molecular formula is C16H19N3O3. The van der Waals surface area contributed by atoms with Crippen molar-refractivity contribution in [1.82, 2.24) is 14.5 Å². The van der Waals surface area contributed by atoms with Gasteiger partial charge in [0.15, 0.2) is 0 Å². The van der Waals surface area contributed by atoms with Gasteiger partial charge in [-0.15, -0.1) is 0 Å². The van der Waals surface area contributed by atoms with Crippen LogP contribution in [0.1, 0.15) is 16.8 Å². The molecule has 2 heterocycles. The van der Waals surface area contributed by atoms with Crippen molar-refractivity contribution in [1.29, 1.82) is 0 Å². The molecule has 0 aliphatic carbocycles. The van der Waals surface area contributed by atoms with Crippen molar-refractivity contribution in [2.45, 2.75) is 24.7 Å². The van der Waals surface area contributed by atoms with Crippen LogP contribution in [0.3, 0.4) is 0 Å². The van der Waals surface area contributed by atoms with Crippen molar-refractivity contribution in [2.24, 2.45) is 0 Å². The molecule has 1 fully saturated rings. The standard InChI is InChI=1S/C16H19N3O3/c20-14-6-8-19(15(21)13-4-2-1-3-5-13)11-16(14,22)10-18-9-7-17-12-18/h1-5,7,9,12,14,20,22H,6,8,10-11H2/t14-,16+/m1/s1. The van der Waals surface area contributed by atoms with Gasteiger partial charge in [-0.2, -0.15) is 0 Å². The second-order valence-corrected chi connectivity index (χ2v) is 5.74. The number of aromatic nitrogens is 2. The zero-order valence-electron chi connectivity index (χ0n) is 12.2. The van der Waals surface area contributed by atoms with E-state index in [1.807, 2.05) is 18.2 Å². The highest BCUT2D eigenvalue weighted by Crippen LogP contribution is 2.25. The van der Waals surface area contributed by atoms with E-state index >= 15 is 0 Å². The second kappa shape index (κ2) is 5.90. The van der Waals surface area contributed by atoms with Crippen molar-refractivity contribution >= 4 is 5.91 Å². The maximum absolute atomic E-state index is 12.5. The number of β-amino-alcohol motifs (C(OH)–C–C–N with tert-alkyl or cyclic N) is 1. The van der Waals surface area contributed by atoms with Gasteiger partial charge in [-0.05, 0) is 18.6 Å². The van der Waals surface area contributed by atoms with E-state index in [1.165, 1.54) is 0 Å². The molecular weight excluding hydrogens is 282 g/mol. The number of amides is 1. The van der Waals surface area contributed by atoms with Gasteiger partial charge in [0, 0.05) is 24.5 Å². The Balaban J connectivity index is 1.77. The summed E-state index contributed by atoms with van der Waals surface area (Å²) in [5, 5.41) is 21.0. The van der Waals surface area contributed by atoms with Gasteiger partial charge in [0.05, 0.1) is 25.5 Å². The predicted molar refractivity (Wildman–Crippen MR) is 80.1 cm³/mol. The Morgan fingerprint density at radius 1 is 1.36 bits per heavy atom. The third kappa shape index (κ3) is 2.88. The summed E-state index contributed by atoms with van der Waals surface area (Å²) in [4.78, 5) is 18.0. The van der Waals surface area contributed by atoms with Crippen LogP contribution in [-0.4, -0.2) is 55.4 Å². The molecule has 0 unspecified atom stereocenters. The van der Waals surface area contributed by atoms with Gasteiger partial charge in [0.2, 0.25) is 0 Å². The van der Waals surface area contributed by atoms with Gasteiger partial charge in [0.25, 0.3) is 5.91 Å². The molecule has 1 aliphatic rings. The lowest BCUT2D eigenvalue weighted by Gasteiger charge is -2.42. The van der Waals surface area contributed by atoms with Crippen LogP contribution in [0.5, 0.6) is 0 Å². The molecule has 2 aromatic rings. The second-order valence-electron chi connectivity index (χ2n) is 5.74. The largest absolute Gasteiger partial charge is 0.390 e. The number of hydrogen-bond acceptors (Lipinski definition) is 4. The minimum absolute atomic E-state index is 0.0973. The maximum Gasteiger partial charge on any atom is 0.253 e. The van der Waals surface area contributed by atoms with Crippen LogP contribution < -0.4 is 0 Å². The molecule has 1 aromatic carbocycles. The van der Waals surface area contributed by atoms with Gasteiger partial charge in [-0.1, -0.05) is 18.2 Å². The summed E-state index contributed by atoms with van der Waals surface area (Å²) >= 11 is 0. The highest BCUT2D eigenvalue weighted by Gasteiger charge is 2.42. The first kappa shape index (κ1) is 14.7. The van der Waals surface area contributed by atoms with Gasteiger partial charge in [-0.25, -0.2) is 4.98 Å². The van der Waals surface area contributed by atoms with Crippen LogP contribution in [0.25, 0.3) is 0 Å². The number of aliphatic hydroxyl groups excluding tert-OH is 1. The number of rotatable bonds is 3. The third-order valence-corrected chi connectivity index (χ3v) is 4.08. The van der Waals surface area contributed by atoms with E-state index in [1.54, 1.807) is 40.3 Å². The normalized spacial score (nSPS) is 25.2. The lowest BCUT2D eigenvalue weighted by Crippen LogP contribution is -2.60. The molecule has 3 rings (SSSR count). The smallest absolute Gasteiger partial charge is 0.253 e. The molecule has 22 heavy (non-hydrogen) atoms. The number of aliphatic hydroxyl groups is 2. The topological polar surface area (TPSA) is 78.6 Å². The fraction of sp³-hybridized carbons (Fsp3) is 0.375. The average molecular weight is 301 g/mol. The zero-order valence-corrected chi connectivity index (χ0v) is 12.2. The molecule has 1 saturated heterocycles. The van der Waals surface area contributed by atoms with Gasteiger partial charge in [-0.3, -0.25) is 4.79 Å². The third-order valence-electron chi connectivity index (χ3n) is 4.08. The first-order chi connectivity index (χ1) is 10.6. The molecule has 0 bridgehead atoms. The van der Waals surface area contributed by atoms with Crippen molar-refractivity contribution in [3.63, 3.8) is 0 Å². The lowest BCUT2D eigenvalue weighted by atomic mass is 9.89. The number of hydrogen-bond donors (Lipinski definition) is 2. The van der Waals surface area contributed by atoms with E-state index in [0.717, 1.165) is 0 Å². The van der Waals surface area contributed by atoms with Crippen molar-refractivity contribution in [3.05, 3.63) is 54.6 Å². The van der Waals surface area contributed by atoms with Crippen LogP contribution in [-0.2, 0) is 6.54 Å². The van der Waals surface area contributed by atoms with Crippen LogP contribution in [0.4, 0.5) is 0 Å². The Labute approximate surface area is 128 Å². The summed E-state index contributed by atoms with van der Waals surface area (Å²) in [6.07, 6.45) is 4.41. The molecule has 0 spiro atoms. The molecule has 2 atom stereocenters. The Hall–Kier alpha value is -2.18. The van der Waals surface area contributed by atoms with Crippen LogP contribution >= 0.6 is 0 Å². The maximum atomic E-state index is 12.5. The van der Waals surface area contributed by atoms with Crippen LogP contribution in [0.15, 0.2) is 49.1 Å². The summed E-state index contributed by atoms with van der Waals surface area (Å²) in [6.45, 7) is 0.730. The zero-order chi connectivity index (χ0) is 15.6. The van der Waals surface area contributed by atoms with E-state index in [2.05, 4.69) is 4.98 Å². The number of piperidine rings is 1. The molecule has 0 radical (unpaired) electrons. The summed E-state index contributed by atoms with van der Waals surface area (Å²) in [5.41, 5.74) is -0.785. The quantitative estimate of drug-likeness (QED) is 0.866. The van der Waals surface area contributed by atoms with Crippen molar-refractivity contribution < 1.29 is 15.0 Å². The molecule has 6 nitrogen and oxygen atoms in total. The lowest BCUT2D eigenvalue weighted by molar-refractivity contribution is -0.122. The summed E-state index contributed by atoms with van der Waals surface area (Å²) < 4.78 is 1.71. The van der Waals surface area contributed by atoms with E-state index < -0.39 is 11.7 Å². The van der Waals surface area contributed by atoms with Gasteiger partial charge >= 0.3 is 0 Å². The number of nitrogens with zero attached hydrogens (tertiary/aromatic N) is 3. The van der Waals surface area contributed by atoms with E-state index in [-0.39, 0.29) is 19.0 Å². The van der Waals surface area contributed by atoms with Gasteiger partial charge < -0.3 is 19.7 Å². The molecule has 1 aliphatic heterocycles. The molecule has 0 saturated carbocycles. The molecule has 1 amide bonds.